The first-order chi connectivity index (χ1) is 6.93. The molecule has 0 unspecified atom stereocenters. The van der Waals surface area contributed by atoms with Crippen molar-refractivity contribution in [3.8, 4) is 0 Å². The van der Waals surface area contributed by atoms with Gasteiger partial charge in [-0.25, -0.2) is 0 Å². The lowest BCUT2D eigenvalue weighted by Gasteiger charge is -2.04. The van der Waals surface area contributed by atoms with Crippen LogP contribution in [0.25, 0.3) is 0 Å². The fourth-order valence-electron chi connectivity index (χ4n) is 1.29. The quantitative estimate of drug-likeness (QED) is 0.667. The molecule has 0 aliphatic rings. The van der Waals surface area contributed by atoms with Crippen LogP contribution in [0.3, 0.4) is 0 Å². The summed E-state index contributed by atoms with van der Waals surface area (Å²) in [6.07, 6.45) is 1.09. The first kappa shape index (κ1) is 11.2. The first-order valence-electron chi connectivity index (χ1n) is 5.26. The summed E-state index contributed by atoms with van der Waals surface area (Å²) < 4.78 is 5.22. The molecule has 0 saturated carbocycles. The van der Waals surface area contributed by atoms with Crippen LogP contribution in [0, 0.1) is 0 Å². The van der Waals surface area contributed by atoms with Gasteiger partial charge in [-0.1, -0.05) is 30.3 Å². The highest BCUT2D eigenvalue weighted by Gasteiger charge is 1.90. The van der Waals surface area contributed by atoms with Gasteiger partial charge in [0, 0.05) is 13.2 Å². The minimum absolute atomic E-state index is 0.806. The zero-order chi connectivity index (χ0) is 10.1. The summed E-state index contributed by atoms with van der Waals surface area (Å²) in [5.41, 5.74) is 1.39. The highest BCUT2D eigenvalue weighted by atomic mass is 16.5. The van der Waals surface area contributed by atoms with Gasteiger partial charge in [0.05, 0.1) is 6.61 Å². The third-order valence-electron chi connectivity index (χ3n) is 2.06. The van der Waals surface area contributed by atoms with Crippen molar-refractivity contribution in [1.29, 1.82) is 0 Å². The van der Waals surface area contributed by atoms with E-state index in [2.05, 4.69) is 29.6 Å². The van der Waals surface area contributed by atoms with Crippen LogP contribution in [0.1, 0.15) is 12.5 Å². The summed E-state index contributed by atoms with van der Waals surface area (Å²) in [6.45, 7) is 5.60. The van der Waals surface area contributed by atoms with Crippen molar-refractivity contribution in [2.45, 2.75) is 13.3 Å². The number of ether oxygens (including phenoxy) is 1. The van der Waals surface area contributed by atoms with E-state index in [0.717, 1.165) is 32.7 Å². The molecule has 0 amide bonds. The van der Waals surface area contributed by atoms with Gasteiger partial charge in [-0.05, 0) is 25.5 Å². The van der Waals surface area contributed by atoms with Gasteiger partial charge in [-0.2, -0.15) is 0 Å². The molecule has 0 heterocycles. The third kappa shape index (κ3) is 5.00. The fraction of sp³-hybridized carbons (Fsp3) is 0.500. The molecule has 0 bridgehead atoms. The Kier molecular flexibility index (Phi) is 6.04. The van der Waals surface area contributed by atoms with Gasteiger partial charge in [0.15, 0.2) is 0 Å². The maximum absolute atomic E-state index is 5.22. The van der Waals surface area contributed by atoms with Crippen molar-refractivity contribution in [2.75, 3.05) is 26.3 Å². The van der Waals surface area contributed by atoms with E-state index in [4.69, 9.17) is 4.74 Å². The molecule has 0 spiro atoms. The van der Waals surface area contributed by atoms with E-state index in [1.54, 1.807) is 0 Å². The lowest BCUT2D eigenvalue weighted by Crippen LogP contribution is -2.22. The molecular weight excluding hydrogens is 174 g/mol. The minimum atomic E-state index is 0.806. The van der Waals surface area contributed by atoms with Crippen molar-refractivity contribution in [1.82, 2.24) is 5.32 Å². The molecule has 78 valence electrons. The molecule has 0 saturated heterocycles. The van der Waals surface area contributed by atoms with Crippen LogP contribution in [0.2, 0.25) is 0 Å². The van der Waals surface area contributed by atoms with Crippen LogP contribution >= 0.6 is 0 Å². The molecular formula is C12H19NO. The average molecular weight is 193 g/mol. The Morgan fingerprint density at radius 3 is 2.64 bits per heavy atom. The Labute approximate surface area is 86.3 Å². The van der Waals surface area contributed by atoms with Crippen molar-refractivity contribution in [3.63, 3.8) is 0 Å². The number of benzene rings is 1. The minimum Gasteiger partial charge on any atom is -0.380 e. The van der Waals surface area contributed by atoms with Gasteiger partial charge in [-0.3, -0.25) is 0 Å². The zero-order valence-electron chi connectivity index (χ0n) is 8.83. The second-order valence-corrected chi connectivity index (χ2v) is 3.18. The maximum Gasteiger partial charge on any atom is 0.0590 e. The predicted octanol–water partition coefficient (Wildman–Crippen LogP) is 1.86. The number of nitrogens with one attached hydrogen (secondary N) is 1. The maximum atomic E-state index is 5.22. The lowest BCUT2D eigenvalue weighted by atomic mass is 10.1. The summed E-state index contributed by atoms with van der Waals surface area (Å²) >= 11 is 0. The van der Waals surface area contributed by atoms with E-state index in [9.17, 15) is 0 Å². The van der Waals surface area contributed by atoms with Crippen LogP contribution in [0.15, 0.2) is 30.3 Å². The smallest absolute Gasteiger partial charge is 0.0590 e. The topological polar surface area (TPSA) is 21.3 Å². The van der Waals surface area contributed by atoms with Gasteiger partial charge in [-0.15, -0.1) is 0 Å². The SMILES string of the molecule is CCOCCNCCc1ccccc1. The van der Waals surface area contributed by atoms with Crippen LogP contribution in [-0.4, -0.2) is 26.3 Å². The van der Waals surface area contributed by atoms with E-state index in [1.165, 1.54) is 5.56 Å². The molecule has 1 N–H and O–H groups in total. The molecule has 1 aromatic carbocycles. The number of rotatable bonds is 7. The van der Waals surface area contributed by atoms with Crippen molar-refractivity contribution < 1.29 is 4.74 Å². The second kappa shape index (κ2) is 7.54. The molecule has 0 aromatic heterocycles. The van der Waals surface area contributed by atoms with Gasteiger partial charge in [0.1, 0.15) is 0 Å². The largest absolute Gasteiger partial charge is 0.380 e. The standard InChI is InChI=1S/C12H19NO/c1-2-14-11-10-13-9-8-12-6-4-3-5-7-12/h3-7,13H,2,8-11H2,1H3. The average Bonchev–Trinajstić information content (AvgIpc) is 2.25. The van der Waals surface area contributed by atoms with E-state index >= 15 is 0 Å². The third-order valence-corrected chi connectivity index (χ3v) is 2.06. The van der Waals surface area contributed by atoms with Crippen LogP contribution < -0.4 is 5.32 Å². The summed E-state index contributed by atoms with van der Waals surface area (Å²) in [5, 5.41) is 3.34. The highest BCUT2D eigenvalue weighted by molar-refractivity contribution is 5.14. The molecule has 2 nitrogen and oxygen atoms in total. The Hall–Kier alpha value is -0.860. The van der Waals surface area contributed by atoms with E-state index in [0.29, 0.717) is 0 Å². The summed E-state index contributed by atoms with van der Waals surface area (Å²) in [4.78, 5) is 0. The second-order valence-electron chi connectivity index (χ2n) is 3.18. The highest BCUT2D eigenvalue weighted by Crippen LogP contribution is 1.97. The molecule has 2 heteroatoms. The van der Waals surface area contributed by atoms with Crippen LogP contribution in [0.4, 0.5) is 0 Å². The van der Waals surface area contributed by atoms with Gasteiger partial charge >= 0.3 is 0 Å². The van der Waals surface area contributed by atoms with Crippen LogP contribution in [-0.2, 0) is 11.2 Å². The molecule has 14 heavy (non-hydrogen) atoms. The summed E-state index contributed by atoms with van der Waals surface area (Å²) in [5.74, 6) is 0. The number of hydrogen-bond donors (Lipinski definition) is 1. The van der Waals surface area contributed by atoms with E-state index in [-0.39, 0.29) is 0 Å². The Morgan fingerprint density at radius 2 is 1.93 bits per heavy atom. The van der Waals surface area contributed by atoms with Gasteiger partial charge < -0.3 is 10.1 Å². The molecule has 0 radical (unpaired) electrons. The van der Waals surface area contributed by atoms with Crippen molar-refractivity contribution in [3.05, 3.63) is 35.9 Å². The molecule has 1 rings (SSSR count). The monoisotopic (exact) mass is 193 g/mol. The Bertz CT molecular complexity index is 223. The normalized spacial score (nSPS) is 10.4. The molecule has 1 aromatic rings. The summed E-state index contributed by atoms with van der Waals surface area (Å²) in [7, 11) is 0. The van der Waals surface area contributed by atoms with E-state index in [1.807, 2.05) is 13.0 Å². The van der Waals surface area contributed by atoms with Crippen molar-refractivity contribution in [2.24, 2.45) is 0 Å². The van der Waals surface area contributed by atoms with E-state index < -0.39 is 0 Å². The lowest BCUT2D eigenvalue weighted by molar-refractivity contribution is 0.149. The molecule has 0 atom stereocenters. The fourth-order valence-corrected chi connectivity index (χ4v) is 1.29. The number of hydrogen-bond acceptors (Lipinski definition) is 2. The molecule has 0 aliphatic heterocycles. The van der Waals surface area contributed by atoms with Gasteiger partial charge in [0.2, 0.25) is 0 Å². The van der Waals surface area contributed by atoms with Gasteiger partial charge in [0.25, 0.3) is 0 Å². The predicted molar refractivity (Wildman–Crippen MR) is 59.5 cm³/mol. The molecule has 0 fully saturated rings. The summed E-state index contributed by atoms with van der Waals surface area (Å²) in [6, 6.07) is 10.5. The Balaban J connectivity index is 1.99. The Morgan fingerprint density at radius 1 is 1.14 bits per heavy atom. The first-order valence-corrected chi connectivity index (χ1v) is 5.26. The van der Waals surface area contributed by atoms with Crippen LogP contribution in [0.5, 0.6) is 0 Å². The van der Waals surface area contributed by atoms with Crippen molar-refractivity contribution >= 4 is 0 Å². The molecule has 0 aliphatic carbocycles. The zero-order valence-corrected chi connectivity index (χ0v) is 8.83.